The molecule has 1 fully saturated rings. The monoisotopic (exact) mass is 621 g/mol. The lowest BCUT2D eigenvalue weighted by atomic mass is 9.88. The van der Waals surface area contributed by atoms with Crippen LogP contribution in [0.4, 0.5) is 5.82 Å². The molecule has 0 bridgehead atoms. The molecule has 1 aromatic heterocycles. The van der Waals surface area contributed by atoms with Crippen molar-refractivity contribution >= 4 is 41.0 Å². The Balaban J connectivity index is 1.25. The van der Waals surface area contributed by atoms with Crippen LogP contribution in [-0.2, 0) is 9.59 Å². The van der Waals surface area contributed by atoms with Gasteiger partial charge in [0.25, 0.3) is 0 Å². The molecule has 1 aliphatic rings. The molecule has 4 rings (SSSR count). The van der Waals surface area contributed by atoms with Crippen molar-refractivity contribution in [3.8, 4) is 0 Å². The summed E-state index contributed by atoms with van der Waals surface area (Å²) in [5, 5.41) is 3.89. The molecule has 230 valence electrons. The third-order valence-electron chi connectivity index (χ3n) is 7.92. The number of halogens is 1. The summed E-state index contributed by atoms with van der Waals surface area (Å²) < 4.78 is 0. The Bertz CT molecular complexity index is 1260. The second-order valence-electron chi connectivity index (χ2n) is 11.2. The van der Waals surface area contributed by atoms with Gasteiger partial charge in [-0.25, -0.2) is 9.97 Å². The van der Waals surface area contributed by atoms with Gasteiger partial charge in [-0.15, -0.1) is 0 Å². The Morgan fingerprint density at radius 1 is 0.977 bits per heavy atom. The molecule has 2 amide bonds. The van der Waals surface area contributed by atoms with Gasteiger partial charge in [-0.1, -0.05) is 117 Å². The second kappa shape index (κ2) is 17.3. The Hall–Kier alpha value is -3.10. The number of unbranched alkanes of at least 4 members (excludes halogenated alkanes) is 4. The fraction of sp³-hybridized carbons (Fsp3) is 0.471. The van der Waals surface area contributed by atoms with Crippen molar-refractivity contribution in [3.05, 3.63) is 83.0 Å². The fourth-order valence-corrected chi connectivity index (χ4v) is 6.52. The molecule has 1 N–H and O–H groups in total. The van der Waals surface area contributed by atoms with E-state index < -0.39 is 0 Å². The number of nitrogens with one attached hydrogen (secondary N) is 1. The lowest BCUT2D eigenvalue weighted by molar-refractivity contribution is -0.133. The molecule has 0 saturated carbocycles. The number of hydrogen-bond acceptors (Lipinski definition) is 6. The Morgan fingerprint density at radius 3 is 2.30 bits per heavy atom. The van der Waals surface area contributed by atoms with Crippen molar-refractivity contribution < 1.29 is 9.59 Å². The van der Waals surface area contributed by atoms with Crippen molar-refractivity contribution in [3.63, 3.8) is 0 Å². The summed E-state index contributed by atoms with van der Waals surface area (Å²) in [7, 11) is 0. The van der Waals surface area contributed by atoms with Crippen LogP contribution >= 0.6 is 23.4 Å². The lowest BCUT2D eigenvalue weighted by Gasteiger charge is -2.40. The number of aromatic nitrogens is 2. The van der Waals surface area contributed by atoms with Crippen LogP contribution in [0.2, 0.25) is 5.15 Å². The van der Waals surface area contributed by atoms with E-state index in [-0.39, 0.29) is 29.5 Å². The summed E-state index contributed by atoms with van der Waals surface area (Å²) in [6.45, 7) is 6.89. The molecular weight excluding hydrogens is 578 g/mol. The molecular formula is C34H44ClN5O2S. The summed E-state index contributed by atoms with van der Waals surface area (Å²) in [5.41, 5.74) is 2.47. The molecule has 2 aromatic carbocycles. The maximum Gasteiger partial charge on any atom is 0.230 e. The number of carbonyl (C=O) groups excluding carboxylic acids is 2. The van der Waals surface area contributed by atoms with Gasteiger partial charge in [-0.2, -0.15) is 0 Å². The van der Waals surface area contributed by atoms with E-state index in [1.54, 1.807) is 6.07 Å². The van der Waals surface area contributed by atoms with E-state index in [9.17, 15) is 9.59 Å². The molecule has 9 heteroatoms. The zero-order chi connectivity index (χ0) is 30.4. The van der Waals surface area contributed by atoms with Crippen molar-refractivity contribution in [1.29, 1.82) is 0 Å². The van der Waals surface area contributed by atoms with Crippen molar-refractivity contribution in [2.45, 2.75) is 75.9 Å². The van der Waals surface area contributed by atoms with Crippen LogP contribution in [0, 0.1) is 0 Å². The number of thioether (sulfide) groups is 1. The SMILES string of the molecule is CCCCCCCC(=O)N1CCN(c2cc(Cl)nc(SCC(=O)NCCC(c3ccccc3)c3ccccc3)n2)C[C@@H]1C. The van der Waals surface area contributed by atoms with Gasteiger partial charge in [0.15, 0.2) is 5.16 Å². The van der Waals surface area contributed by atoms with Gasteiger partial charge in [0.05, 0.1) is 5.75 Å². The van der Waals surface area contributed by atoms with Crippen LogP contribution in [0.3, 0.4) is 0 Å². The van der Waals surface area contributed by atoms with Crippen LogP contribution in [0.5, 0.6) is 0 Å². The molecule has 0 radical (unpaired) electrons. The smallest absolute Gasteiger partial charge is 0.230 e. The standard InChI is InChI=1S/C34H44ClN5O2S/c1-3-4-5-6-13-18-33(42)40-22-21-39(24-26(40)2)31-23-30(35)37-34(38-31)43-25-32(41)36-20-19-29(27-14-9-7-10-15-27)28-16-11-8-12-17-28/h7-12,14-17,23,26,29H,3-6,13,18-22,24-25H2,1-2H3,(H,36,41)/t26-/m0/s1. The molecule has 43 heavy (non-hydrogen) atoms. The second-order valence-corrected chi connectivity index (χ2v) is 12.5. The average molecular weight is 622 g/mol. The van der Waals surface area contributed by atoms with Crippen LogP contribution in [0.25, 0.3) is 0 Å². The van der Waals surface area contributed by atoms with E-state index in [0.29, 0.717) is 42.9 Å². The zero-order valence-electron chi connectivity index (χ0n) is 25.4. The minimum atomic E-state index is -0.0644. The number of anilines is 1. The number of rotatable bonds is 15. The van der Waals surface area contributed by atoms with Crippen LogP contribution in [0.1, 0.15) is 75.8 Å². The Kier molecular flexibility index (Phi) is 13.2. The Morgan fingerprint density at radius 2 is 1.65 bits per heavy atom. The van der Waals surface area contributed by atoms with Crippen LogP contribution in [0.15, 0.2) is 71.9 Å². The molecule has 1 atom stereocenters. The molecule has 1 saturated heterocycles. The molecule has 7 nitrogen and oxygen atoms in total. The zero-order valence-corrected chi connectivity index (χ0v) is 27.0. The van der Waals surface area contributed by atoms with Gasteiger partial charge in [-0.3, -0.25) is 9.59 Å². The molecule has 0 aliphatic carbocycles. The number of nitrogens with zero attached hydrogens (tertiary/aromatic N) is 4. The molecule has 3 aromatic rings. The normalized spacial score (nSPS) is 15.1. The van der Waals surface area contributed by atoms with E-state index in [2.05, 4.69) is 77.6 Å². The summed E-state index contributed by atoms with van der Waals surface area (Å²) in [6.07, 6.45) is 7.14. The summed E-state index contributed by atoms with van der Waals surface area (Å²) in [6, 6.07) is 22.6. The third-order valence-corrected chi connectivity index (χ3v) is 8.96. The highest BCUT2D eigenvalue weighted by Crippen LogP contribution is 2.28. The highest BCUT2D eigenvalue weighted by atomic mass is 35.5. The fourth-order valence-electron chi connectivity index (χ4n) is 5.61. The highest BCUT2D eigenvalue weighted by molar-refractivity contribution is 7.99. The van der Waals surface area contributed by atoms with Crippen molar-refractivity contribution in [2.75, 3.05) is 36.8 Å². The third kappa shape index (κ3) is 10.2. The van der Waals surface area contributed by atoms with Gasteiger partial charge in [0.1, 0.15) is 11.0 Å². The van der Waals surface area contributed by atoms with Crippen LogP contribution < -0.4 is 10.2 Å². The van der Waals surface area contributed by atoms with Gasteiger partial charge in [0, 0.05) is 50.6 Å². The molecule has 0 unspecified atom stereocenters. The number of amides is 2. The first-order valence-electron chi connectivity index (χ1n) is 15.5. The van der Waals surface area contributed by atoms with E-state index in [1.807, 2.05) is 17.0 Å². The van der Waals surface area contributed by atoms with Gasteiger partial charge in [-0.05, 0) is 30.9 Å². The van der Waals surface area contributed by atoms with Crippen molar-refractivity contribution in [1.82, 2.24) is 20.2 Å². The van der Waals surface area contributed by atoms with E-state index in [1.165, 1.54) is 42.2 Å². The maximum atomic E-state index is 12.8. The first-order chi connectivity index (χ1) is 20.9. The maximum absolute atomic E-state index is 12.8. The average Bonchev–Trinajstić information content (AvgIpc) is 3.02. The van der Waals surface area contributed by atoms with Gasteiger partial charge < -0.3 is 15.1 Å². The van der Waals surface area contributed by atoms with Gasteiger partial charge >= 0.3 is 0 Å². The predicted octanol–water partition coefficient (Wildman–Crippen LogP) is 6.96. The highest BCUT2D eigenvalue weighted by Gasteiger charge is 2.28. The largest absolute Gasteiger partial charge is 0.355 e. The lowest BCUT2D eigenvalue weighted by Crippen LogP contribution is -2.54. The molecule has 0 spiro atoms. The summed E-state index contributed by atoms with van der Waals surface area (Å²) in [4.78, 5) is 38.8. The summed E-state index contributed by atoms with van der Waals surface area (Å²) in [5.74, 6) is 1.32. The Labute approximate surface area is 265 Å². The predicted molar refractivity (Wildman–Crippen MR) is 177 cm³/mol. The molecule has 1 aliphatic heterocycles. The van der Waals surface area contributed by atoms with Gasteiger partial charge in [0.2, 0.25) is 11.8 Å². The topological polar surface area (TPSA) is 78.4 Å². The number of piperazine rings is 1. The van der Waals surface area contributed by atoms with E-state index in [4.69, 9.17) is 16.6 Å². The van der Waals surface area contributed by atoms with E-state index in [0.717, 1.165) is 25.1 Å². The first kappa shape index (κ1) is 32.8. The summed E-state index contributed by atoms with van der Waals surface area (Å²) >= 11 is 7.66. The van der Waals surface area contributed by atoms with Crippen LogP contribution in [-0.4, -0.2) is 64.7 Å². The van der Waals surface area contributed by atoms with E-state index >= 15 is 0 Å². The quantitative estimate of drug-likeness (QED) is 0.0856. The number of carbonyl (C=O) groups is 2. The number of benzene rings is 2. The minimum absolute atomic E-state index is 0.0644. The minimum Gasteiger partial charge on any atom is -0.355 e. The number of hydrogen-bond donors (Lipinski definition) is 1. The van der Waals surface area contributed by atoms with Crippen molar-refractivity contribution in [2.24, 2.45) is 0 Å². The molecule has 2 heterocycles. The first-order valence-corrected chi connectivity index (χ1v) is 16.9.